The standard InChI is InChI=1S/C13H25N5O2S.HI/c1-3-14-13(15-7-6-8-17-21(2,19)20)16-9-12-18-10-4-5-11-18;/h4-5,10-11,17H,3,6-9,12H2,1-2H3,(H2,14,15,16);1H. The molecule has 1 aromatic heterocycles. The van der Waals surface area contributed by atoms with Crippen LogP contribution in [0.3, 0.4) is 0 Å². The maximum Gasteiger partial charge on any atom is 0.208 e. The Morgan fingerprint density at radius 2 is 1.86 bits per heavy atom. The lowest BCUT2D eigenvalue weighted by atomic mass is 10.4. The summed E-state index contributed by atoms with van der Waals surface area (Å²) in [6.45, 7) is 5.42. The summed E-state index contributed by atoms with van der Waals surface area (Å²) >= 11 is 0. The van der Waals surface area contributed by atoms with Crippen LogP contribution in [0.1, 0.15) is 13.3 Å². The first-order valence-corrected chi connectivity index (χ1v) is 8.98. The van der Waals surface area contributed by atoms with E-state index in [0.717, 1.165) is 31.8 Å². The largest absolute Gasteiger partial charge is 0.357 e. The van der Waals surface area contributed by atoms with Crippen molar-refractivity contribution in [2.45, 2.75) is 19.9 Å². The van der Waals surface area contributed by atoms with E-state index in [9.17, 15) is 8.42 Å². The highest BCUT2D eigenvalue weighted by Crippen LogP contribution is 1.88. The van der Waals surface area contributed by atoms with Gasteiger partial charge in [-0.05, 0) is 25.5 Å². The summed E-state index contributed by atoms with van der Waals surface area (Å²) in [5.41, 5.74) is 0. The Morgan fingerprint density at radius 3 is 2.45 bits per heavy atom. The van der Waals surface area contributed by atoms with Crippen LogP contribution in [0.25, 0.3) is 0 Å². The van der Waals surface area contributed by atoms with Gasteiger partial charge in [0.25, 0.3) is 0 Å². The molecule has 0 bridgehead atoms. The van der Waals surface area contributed by atoms with E-state index in [1.165, 1.54) is 0 Å². The van der Waals surface area contributed by atoms with Crippen molar-refractivity contribution in [3.05, 3.63) is 24.5 Å². The van der Waals surface area contributed by atoms with Crippen molar-refractivity contribution in [1.29, 1.82) is 0 Å². The predicted molar refractivity (Wildman–Crippen MR) is 101 cm³/mol. The maximum atomic E-state index is 10.9. The molecule has 9 heteroatoms. The molecule has 0 saturated heterocycles. The Morgan fingerprint density at radius 1 is 1.18 bits per heavy atom. The number of halogens is 1. The molecular formula is C13H26IN5O2S. The predicted octanol–water partition coefficient (Wildman–Crippen LogP) is 0.601. The Bertz CT molecular complexity index is 517. The number of rotatable bonds is 9. The van der Waals surface area contributed by atoms with Gasteiger partial charge in [0.1, 0.15) is 0 Å². The highest BCUT2D eigenvalue weighted by molar-refractivity contribution is 14.0. The number of aromatic nitrogens is 1. The molecule has 7 nitrogen and oxygen atoms in total. The van der Waals surface area contributed by atoms with Crippen LogP contribution in [0.15, 0.2) is 29.5 Å². The van der Waals surface area contributed by atoms with Gasteiger partial charge in [-0.2, -0.15) is 0 Å². The van der Waals surface area contributed by atoms with E-state index >= 15 is 0 Å². The summed E-state index contributed by atoms with van der Waals surface area (Å²) < 4.78 is 26.4. The topological polar surface area (TPSA) is 87.5 Å². The summed E-state index contributed by atoms with van der Waals surface area (Å²) in [5, 5.41) is 6.41. The van der Waals surface area contributed by atoms with Gasteiger partial charge in [-0.1, -0.05) is 0 Å². The zero-order valence-corrected chi connectivity index (χ0v) is 16.2. The highest BCUT2D eigenvalue weighted by atomic mass is 127. The summed E-state index contributed by atoms with van der Waals surface area (Å²) in [4.78, 5) is 4.40. The molecule has 0 fully saturated rings. The van der Waals surface area contributed by atoms with Crippen LogP contribution >= 0.6 is 24.0 Å². The van der Waals surface area contributed by atoms with E-state index in [1.54, 1.807) is 0 Å². The molecule has 0 spiro atoms. The van der Waals surface area contributed by atoms with Crippen LogP contribution in [-0.4, -0.2) is 51.4 Å². The number of hydrogen-bond donors (Lipinski definition) is 3. The number of aliphatic imine (C=N–C) groups is 1. The molecule has 128 valence electrons. The Labute approximate surface area is 150 Å². The molecule has 1 rings (SSSR count). The fourth-order valence-corrected chi connectivity index (χ4v) is 2.21. The summed E-state index contributed by atoms with van der Waals surface area (Å²) in [6, 6.07) is 3.99. The van der Waals surface area contributed by atoms with Gasteiger partial charge in [-0.3, -0.25) is 4.99 Å². The lowest BCUT2D eigenvalue weighted by Crippen LogP contribution is -2.39. The number of guanidine groups is 1. The van der Waals surface area contributed by atoms with Crippen LogP contribution in [0.2, 0.25) is 0 Å². The van der Waals surface area contributed by atoms with Crippen molar-refractivity contribution in [2.24, 2.45) is 4.99 Å². The van der Waals surface area contributed by atoms with E-state index in [-0.39, 0.29) is 24.0 Å². The van der Waals surface area contributed by atoms with Crippen LogP contribution < -0.4 is 15.4 Å². The van der Waals surface area contributed by atoms with Crippen LogP contribution in [0, 0.1) is 0 Å². The number of nitrogens with one attached hydrogen (secondary N) is 3. The molecular weight excluding hydrogens is 417 g/mol. The van der Waals surface area contributed by atoms with Gasteiger partial charge in [-0.15, -0.1) is 24.0 Å². The van der Waals surface area contributed by atoms with Gasteiger partial charge in [0.15, 0.2) is 5.96 Å². The maximum absolute atomic E-state index is 10.9. The molecule has 0 aliphatic heterocycles. The van der Waals surface area contributed by atoms with Crippen molar-refractivity contribution < 1.29 is 8.42 Å². The van der Waals surface area contributed by atoms with Gasteiger partial charge in [0, 0.05) is 45.1 Å². The molecule has 0 unspecified atom stereocenters. The lowest BCUT2D eigenvalue weighted by molar-refractivity contribution is 0.585. The first kappa shape index (κ1) is 21.2. The molecule has 0 aromatic carbocycles. The molecule has 0 saturated carbocycles. The van der Waals surface area contributed by atoms with Gasteiger partial charge >= 0.3 is 0 Å². The Hall–Kier alpha value is -0.810. The molecule has 0 aliphatic rings. The van der Waals surface area contributed by atoms with Gasteiger partial charge in [0.05, 0.1) is 6.26 Å². The molecule has 22 heavy (non-hydrogen) atoms. The number of nitrogens with zero attached hydrogens (tertiary/aromatic N) is 2. The Balaban J connectivity index is 0.00000441. The molecule has 0 amide bonds. The van der Waals surface area contributed by atoms with Gasteiger partial charge in [0.2, 0.25) is 10.0 Å². The molecule has 3 N–H and O–H groups in total. The summed E-state index contributed by atoms with van der Waals surface area (Å²) in [5.74, 6) is 0.754. The molecule has 1 aromatic rings. The lowest BCUT2D eigenvalue weighted by Gasteiger charge is -2.11. The third-order valence-corrected chi connectivity index (χ3v) is 3.37. The van der Waals surface area contributed by atoms with E-state index in [1.807, 2.05) is 31.5 Å². The van der Waals surface area contributed by atoms with Crippen molar-refractivity contribution in [3.8, 4) is 0 Å². The summed E-state index contributed by atoms with van der Waals surface area (Å²) in [6.07, 6.45) is 5.86. The van der Waals surface area contributed by atoms with Gasteiger partial charge < -0.3 is 15.2 Å². The number of sulfonamides is 1. The zero-order chi connectivity index (χ0) is 15.6. The third-order valence-electron chi connectivity index (χ3n) is 2.64. The second-order valence-electron chi connectivity index (χ2n) is 4.63. The van der Waals surface area contributed by atoms with E-state index in [0.29, 0.717) is 19.5 Å². The van der Waals surface area contributed by atoms with Crippen LogP contribution in [-0.2, 0) is 16.6 Å². The fourth-order valence-electron chi connectivity index (χ4n) is 1.69. The van der Waals surface area contributed by atoms with Crippen molar-refractivity contribution in [1.82, 2.24) is 19.9 Å². The SMILES string of the molecule is CCNC(=NCCCNS(C)(=O)=O)NCCn1cccc1.I. The number of hydrogen-bond acceptors (Lipinski definition) is 3. The Kier molecular flexibility index (Phi) is 11.3. The second-order valence-corrected chi connectivity index (χ2v) is 6.46. The smallest absolute Gasteiger partial charge is 0.208 e. The van der Waals surface area contributed by atoms with E-state index in [2.05, 4.69) is 24.9 Å². The summed E-state index contributed by atoms with van der Waals surface area (Å²) in [7, 11) is -3.11. The fraction of sp³-hybridized carbons (Fsp3) is 0.615. The normalized spacial score (nSPS) is 11.8. The zero-order valence-electron chi connectivity index (χ0n) is 13.1. The van der Waals surface area contributed by atoms with Crippen LogP contribution in [0.4, 0.5) is 0 Å². The molecule has 0 aliphatic carbocycles. The van der Waals surface area contributed by atoms with Crippen molar-refractivity contribution in [3.63, 3.8) is 0 Å². The quantitative estimate of drug-likeness (QED) is 0.226. The van der Waals surface area contributed by atoms with Crippen molar-refractivity contribution in [2.75, 3.05) is 32.4 Å². The highest BCUT2D eigenvalue weighted by Gasteiger charge is 1.99. The second kappa shape index (κ2) is 11.7. The van der Waals surface area contributed by atoms with Gasteiger partial charge in [-0.25, -0.2) is 13.1 Å². The van der Waals surface area contributed by atoms with Crippen molar-refractivity contribution >= 4 is 40.0 Å². The van der Waals surface area contributed by atoms with Crippen LogP contribution in [0.5, 0.6) is 0 Å². The molecule has 1 heterocycles. The minimum absolute atomic E-state index is 0. The third kappa shape index (κ3) is 10.9. The van der Waals surface area contributed by atoms with E-state index in [4.69, 9.17) is 0 Å². The first-order chi connectivity index (χ1) is 10.0. The molecule has 0 atom stereocenters. The monoisotopic (exact) mass is 443 g/mol. The average Bonchev–Trinajstić information content (AvgIpc) is 2.90. The average molecular weight is 443 g/mol. The minimum Gasteiger partial charge on any atom is -0.357 e. The molecule has 0 radical (unpaired) electrons. The first-order valence-electron chi connectivity index (χ1n) is 7.09. The van der Waals surface area contributed by atoms with E-state index < -0.39 is 10.0 Å². The minimum atomic E-state index is -3.11.